The van der Waals surface area contributed by atoms with Crippen LogP contribution in [0.2, 0.25) is 0 Å². The van der Waals surface area contributed by atoms with Crippen molar-refractivity contribution < 1.29 is 14.3 Å². The summed E-state index contributed by atoms with van der Waals surface area (Å²) in [7, 11) is 1.67. The minimum absolute atomic E-state index is 0.0423. The number of benzene rings is 2. The van der Waals surface area contributed by atoms with E-state index in [1.54, 1.807) is 19.2 Å². The zero-order valence-corrected chi connectivity index (χ0v) is 16.6. The van der Waals surface area contributed by atoms with Gasteiger partial charge in [-0.2, -0.15) is 0 Å². The van der Waals surface area contributed by atoms with Crippen LogP contribution in [0.1, 0.15) is 40.1 Å². The molecule has 2 aromatic carbocycles. The molecule has 2 atom stereocenters. The van der Waals surface area contributed by atoms with Gasteiger partial charge in [0.05, 0.1) is 24.1 Å². The number of methoxy groups -OCH3 is 1. The molecule has 0 N–H and O–H groups in total. The molecule has 5 heteroatoms. The summed E-state index contributed by atoms with van der Waals surface area (Å²) in [5.41, 5.74) is 1.55. The van der Waals surface area contributed by atoms with E-state index in [4.69, 9.17) is 4.74 Å². The van der Waals surface area contributed by atoms with Crippen LogP contribution in [0, 0.1) is 5.41 Å². The number of carbonyl (C=O) groups excluding carboxylic acids is 2. The van der Waals surface area contributed by atoms with Gasteiger partial charge in [-0.15, -0.1) is 0 Å². The molecule has 2 aliphatic rings. The molecule has 0 radical (unpaired) electrons. The van der Waals surface area contributed by atoms with Crippen molar-refractivity contribution in [2.24, 2.45) is 5.41 Å². The van der Waals surface area contributed by atoms with Gasteiger partial charge in [0.2, 0.25) is 0 Å². The quantitative estimate of drug-likeness (QED) is 0.820. The molecule has 1 amide bonds. The molecule has 0 spiro atoms. The maximum atomic E-state index is 13.5. The van der Waals surface area contributed by atoms with Gasteiger partial charge < -0.3 is 9.64 Å². The number of likely N-dealkylation sites (tertiary alicyclic amines) is 1. The average Bonchev–Trinajstić information content (AvgIpc) is 3.02. The Hall–Kier alpha value is -2.66. The van der Waals surface area contributed by atoms with Gasteiger partial charge in [-0.1, -0.05) is 36.4 Å². The lowest BCUT2D eigenvalue weighted by Gasteiger charge is -2.34. The number of fused-ring (bicyclic) bond motifs is 2. The molecular weight excluding hydrogens is 352 g/mol. The summed E-state index contributed by atoms with van der Waals surface area (Å²) >= 11 is 0. The maximum Gasteiger partial charge on any atom is 0.254 e. The van der Waals surface area contributed by atoms with Crippen molar-refractivity contribution in [3.05, 3.63) is 65.2 Å². The molecule has 0 aliphatic carbocycles. The van der Waals surface area contributed by atoms with E-state index in [1.165, 1.54) is 0 Å². The first-order valence-electron chi connectivity index (χ1n) is 9.78. The number of hydrogen-bond acceptors (Lipinski definition) is 4. The van der Waals surface area contributed by atoms with Crippen molar-refractivity contribution in [2.45, 2.75) is 26.4 Å². The van der Waals surface area contributed by atoms with Crippen molar-refractivity contribution >= 4 is 11.7 Å². The average molecular weight is 378 g/mol. The number of carbonyl (C=O) groups is 2. The van der Waals surface area contributed by atoms with Crippen LogP contribution in [0.25, 0.3) is 0 Å². The second kappa shape index (κ2) is 7.06. The van der Waals surface area contributed by atoms with Crippen LogP contribution in [0.15, 0.2) is 48.5 Å². The lowest BCUT2D eigenvalue weighted by Crippen LogP contribution is -2.49. The minimum Gasteiger partial charge on any atom is -0.496 e. The Morgan fingerprint density at radius 3 is 2.46 bits per heavy atom. The van der Waals surface area contributed by atoms with Crippen LogP contribution >= 0.6 is 0 Å². The molecule has 28 heavy (non-hydrogen) atoms. The molecule has 5 nitrogen and oxygen atoms in total. The van der Waals surface area contributed by atoms with Gasteiger partial charge in [0.15, 0.2) is 5.78 Å². The van der Waals surface area contributed by atoms with Crippen molar-refractivity contribution in [3.63, 3.8) is 0 Å². The van der Waals surface area contributed by atoms with E-state index >= 15 is 0 Å². The molecule has 2 aromatic rings. The number of hydrogen-bond donors (Lipinski definition) is 0. The first-order chi connectivity index (χ1) is 13.5. The number of Topliss-reactive ketones (excluding diaryl/α,β-unsaturated/α-hetero) is 1. The van der Waals surface area contributed by atoms with Crippen LogP contribution in [-0.2, 0) is 6.54 Å². The fourth-order valence-electron chi connectivity index (χ4n) is 4.78. The highest BCUT2D eigenvalue weighted by Crippen LogP contribution is 2.41. The predicted molar refractivity (Wildman–Crippen MR) is 108 cm³/mol. The first kappa shape index (κ1) is 18.7. The standard InChI is InChI=1S/C23H26N2O3/c1-4-25-20-14-24(13-16-9-5-8-12-19(16)28-3)15-23(20,2)21(26)17-10-6-7-11-18(17)22(25)27/h5-12,20H,4,13-15H2,1-3H3/t20-,23+/m1/s1. The molecule has 1 saturated heterocycles. The van der Waals surface area contributed by atoms with E-state index in [1.807, 2.05) is 49.1 Å². The Balaban J connectivity index is 1.71. The minimum atomic E-state index is -0.625. The summed E-state index contributed by atoms with van der Waals surface area (Å²) in [4.78, 5) is 30.9. The lowest BCUT2D eigenvalue weighted by atomic mass is 9.78. The van der Waals surface area contributed by atoms with E-state index in [0.717, 1.165) is 11.3 Å². The molecular formula is C23H26N2O3. The Bertz CT molecular complexity index is 926. The molecule has 0 bridgehead atoms. The van der Waals surface area contributed by atoms with Gasteiger partial charge in [0, 0.05) is 37.3 Å². The summed E-state index contributed by atoms with van der Waals surface area (Å²) in [6.07, 6.45) is 0. The van der Waals surface area contributed by atoms with Crippen LogP contribution in [-0.4, -0.2) is 54.3 Å². The molecule has 0 unspecified atom stereocenters. The third kappa shape index (κ3) is 2.81. The monoisotopic (exact) mass is 378 g/mol. The van der Waals surface area contributed by atoms with Gasteiger partial charge in [-0.05, 0) is 26.0 Å². The van der Waals surface area contributed by atoms with Gasteiger partial charge >= 0.3 is 0 Å². The van der Waals surface area contributed by atoms with Crippen LogP contribution in [0.3, 0.4) is 0 Å². The highest BCUT2D eigenvalue weighted by atomic mass is 16.5. The third-order valence-electron chi connectivity index (χ3n) is 6.20. The molecule has 0 saturated carbocycles. The number of ketones is 1. The Kier molecular flexibility index (Phi) is 4.71. The molecule has 1 fully saturated rings. The molecule has 2 aliphatic heterocycles. The number of nitrogens with zero attached hydrogens (tertiary/aromatic N) is 2. The number of likely N-dealkylation sites (N-methyl/N-ethyl adjacent to an activating group) is 1. The second-order valence-electron chi connectivity index (χ2n) is 7.88. The molecule has 2 heterocycles. The van der Waals surface area contributed by atoms with Crippen molar-refractivity contribution in [1.82, 2.24) is 9.80 Å². The normalized spacial score (nSPS) is 24.7. The molecule has 146 valence electrons. The fourth-order valence-corrected chi connectivity index (χ4v) is 4.78. The van der Waals surface area contributed by atoms with Crippen molar-refractivity contribution in [1.29, 1.82) is 0 Å². The van der Waals surface area contributed by atoms with Gasteiger partial charge in [0.1, 0.15) is 5.75 Å². The molecule has 0 aromatic heterocycles. The second-order valence-corrected chi connectivity index (χ2v) is 7.88. The van der Waals surface area contributed by atoms with Crippen molar-refractivity contribution in [3.8, 4) is 5.75 Å². The zero-order chi connectivity index (χ0) is 19.9. The summed E-state index contributed by atoms with van der Waals surface area (Å²) in [5.74, 6) is 0.874. The van der Waals surface area contributed by atoms with Crippen LogP contribution in [0.5, 0.6) is 5.75 Å². The first-order valence-corrected chi connectivity index (χ1v) is 9.78. The summed E-state index contributed by atoms with van der Waals surface area (Å²) < 4.78 is 5.49. The summed E-state index contributed by atoms with van der Waals surface area (Å²) in [5, 5.41) is 0. The van der Waals surface area contributed by atoms with E-state index in [9.17, 15) is 9.59 Å². The van der Waals surface area contributed by atoms with Gasteiger partial charge in [0.25, 0.3) is 5.91 Å². The number of para-hydroxylation sites is 1. The van der Waals surface area contributed by atoms with E-state index in [0.29, 0.717) is 37.3 Å². The lowest BCUT2D eigenvalue weighted by molar-refractivity contribution is 0.0560. The van der Waals surface area contributed by atoms with Crippen LogP contribution < -0.4 is 4.74 Å². The van der Waals surface area contributed by atoms with E-state index < -0.39 is 5.41 Å². The number of ether oxygens (including phenoxy) is 1. The smallest absolute Gasteiger partial charge is 0.254 e. The van der Waals surface area contributed by atoms with Crippen LogP contribution in [0.4, 0.5) is 0 Å². The number of rotatable bonds is 4. The molecule has 4 rings (SSSR count). The third-order valence-corrected chi connectivity index (χ3v) is 6.20. The zero-order valence-electron chi connectivity index (χ0n) is 16.6. The fraction of sp³-hybridized carbons (Fsp3) is 0.391. The van der Waals surface area contributed by atoms with E-state index in [2.05, 4.69) is 11.0 Å². The summed E-state index contributed by atoms with van der Waals surface area (Å²) in [6.45, 7) is 6.57. The van der Waals surface area contributed by atoms with Crippen molar-refractivity contribution in [2.75, 3.05) is 26.7 Å². The SMILES string of the molecule is CCN1C(=O)c2ccccc2C(=O)[C@@]2(C)CN(Cc3ccccc3OC)C[C@@H]12. The highest BCUT2D eigenvalue weighted by molar-refractivity contribution is 6.12. The van der Waals surface area contributed by atoms with Gasteiger partial charge in [-0.25, -0.2) is 0 Å². The van der Waals surface area contributed by atoms with E-state index in [-0.39, 0.29) is 17.7 Å². The Labute approximate surface area is 165 Å². The Morgan fingerprint density at radius 1 is 1.07 bits per heavy atom. The summed E-state index contributed by atoms with van der Waals surface area (Å²) in [6, 6.07) is 15.0. The van der Waals surface area contributed by atoms with Gasteiger partial charge in [-0.3, -0.25) is 14.5 Å². The largest absolute Gasteiger partial charge is 0.496 e. The maximum absolute atomic E-state index is 13.5. The number of amides is 1. The topological polar surface area (TPSA) is 49.9 Å². The highest BCUT2D eigenvalue weighted by Gasteiger charge is 2.54. The Morgan fingerprint density at radius 2 is 1.75 bits per heavy atom. The predicted octanol–water partition coefficient (Wildman–Crippen LogP) is 3.24.